The van der Waals surface area contributed by atoms with E-state index < -0.39 is 10.0 Å². The van der Waals surface area contributed by atoms with Gasteiger partial charge >= 0.3 is 0 Å². The van der Waals surface area contributed by atoms with Crippen molar-refractivity contribution in [1.29, 1.82) is 0 Å². The minimum absolute atomic E-state index is 0.125. The number of halogens is 2. The zero-order valence-corrected chi connectivity index (χ0v) is 14.6. The summed E-state index contributed by atoms with van der Waals surface area (Å²) in [5, 5.41) is 0.211. The van der Waals surface area contributed by atoms with Crippen LogP contribution in [0.1, 0.15) is 11.1 Å². The summed E-state index contributed by atoms with van der Waals surface area (Å²) in [6.45, 7) is 1.74. The molecule has 0 aliphatic carbocycles. The molecule has 0 unspecified atom stereocenters. The lowest BCUT2D eigenvalue weighted by atomic mass is 10.2. The zero-order valence-electron chi connectivity index (χ0n) is 10.7. The van der Waals surface area contributed by atoms with Crippen LogP contribution in [0.15, 0.2) is 28.5 Å². The highest BCUT2D eigenvalue weighted by Crippen LogP contribution is 2.32. The second-order valence-corrected chi connectivity index (χ2v) is 8.60. The van der Waals surface area contributed by atoms with Gasteiger partial charge in [-0.25, -0.2) is 8.42 Å². The van der Waals surface area contributed by atoms with Gasteiger partial charge in [0.15, 0.2) is 0 Å². The van der Waals surface area contributed by atoms with Crippen LogP contribution in [0, 0.1) is 6.92 Å². The maximum absolute atomic E-state index is 12.3. The summed E-state index contributed by atoms with van der Waals surface area (Å²) >= 11 is 17.8. The Bertz CT molecular complexity index is 796. The molecule has 9 heteroatoms. The van der Waals surface area contributed by atoms with E-state index in [1.54, 1.807) is 13.0 Å². The fraction of sp³-hybridized carbons (Fsp3) is 0.0833. The Balaban J connectivity index is 2.35. The van der Waals surface area contributed by atoms with Crippen LogP contribution in [0.25, 0.3) is 0 Å². The molecule has 0 amide bonds. The van der Waals surface area contributed by atoms with E-state index in [1.807, 2.05) is 0 Å². The third kappa shape index (κ3) is 3.67. The van der Waals surface area contributed by atoms with E-state index in [9.17, 15) is 8.42 Å². The number of nitrogens with two attached hydrogens (primary N) is 1. The zero-order chi connectivity index (χ0) is 15.8. The van der Waals surface area contributed by atoms with Crippen molar-refractivity contribution in [2.45, 2.75) is 11.1 Å². The van der Waals surface area contributed by atoms with Gasteiger partial charge < -0.3 is 5.73 Å². The van der Waals surface area contributed by atoms with E-state index in [2.05, 4.69) is 4.72 Å². The van der Waals surface area contributed by atoms with E-state index in [1.165, 1.54) is 18.2 Å². The third-order valence-electron chi connectivity index (χ3n) is 2.60. The number of anilines is 1. The second-order valence-electron chi connectivity index (χ2n) is 4.19. The molecular formula is C12H10Cl2N2O2S3. The average Bonchev–Trinajstić information content (AvgIpc) is 2.72. The molecule has 0 radical (unpaired) electrons. The van der Waals surface area contributed by atoms with Crippen LogP contribution in [0.5, 0.6) is 0 Å². The standard InChI is InChI=1S/C12H10Cl2N2O2S3/c1-6-4-10(20-11(6)14)21(17,18)16-9-3-2-7(12(15)19)5-8(9)13/h2-5,16H,1H3,(H2,15,19). The first-order valence-electron chi connectivity index (χ1n) is 5.59. The third-order valence-corrected chi connectivity index (χ3v) is 6.54. The molecule has 2 rings (SSSR count). The predicted octanol–water partition coefficient (Wildman–Crippen LogP) is 3.80. The van der Waals surface area contributed by atoms with Crippen molar-refractivity contribution < 1.29 is 8.42 Å². The molecular weight excluding hydrogens is 371 g/mol. The number of benzene rings is 1. The van der Waals surface area contributed by atoms with Crippen molar-refractivity contribution in [1.82, 2.24) is 0 Å². The van der Waals surface area contributed by atoms with Gasteiger partial charge in [0.1, 0.15) is 9.20 Å². The molecule has 0 spiro atoms. The highest BCUT2D eigenvalue weighted by Gasteiger charge is 2.19. The van der Waals surface area contributed by atoms with Crippen molar-refractivity contribution >= 4 is 67.5 Å². The van der Waals surface area contributed by atoms with Gasteiger partial charge in [0.2, 0.25) is 0 Å². The lowest BCUT2D eigenvalue weighted by Crippen LogP contribution is -2.13. The highest BCUT2D eigenvalue weighted by atomic mass is 35.5. The summed E-state index contributed by atoms with van der Waals surface area (Å²) in [7, 11) is -3.74. The molecule has 4 nitrogen and oxygen atoms in total. The second kappa shape index (κ2) is 6.10. The normalized spacial score (nSPS) is 11.4. The predicted molar refractivity (Wildman–Crippen MR) is 92.2 cm³/mol. The molecule has 0 saturated carbocycles. The summed E-state index contributed by atoms with van der Waals surface area (Å²) < 4.78 is 27.5. The Morgan fingerprint density at radius 2 is 2.00 bits per heavy atom. The molecule has 0 aliphatic rings. The molecule has 0 fully saturated rings. The van der Waals surface area contributed by atoms with Crippen LogP contribution < -0.4 is 10.5 Å². The van der Waals surface area contributed by atoms with E-state index in [0.29, 0.717) is 15.5 Å². The molecule has 2 aromatic rings. The highest BCUT2D eigenvalue weighted by molar-refractivity contribution is 7.94. The number of rotatable bonds is 4. The fourth-order valence-corrected chi connectivity index (χ4v) is 4.71. The Kier molecular flexibility index (Phi) is 4.79. The number of hydrogen-bond acceptors (Lipinski definition) is 4. The SMILES string of the molecule is Cc1cc(S(=O)(=O)Nc2ccc(C(N)=S)cc2Cl)sc1Cl. The maximum Gasteiger partial charge on any atom is 0.271 e. The van der Waals surface area contributed by atoms with Gasteiger partial charge in [-0.05, 0) is 36.8 Å². The van der Waals surface area contributed by atoms with Crippen LogP contribution in [0.2, 0.25) is 9.36 Å². The average molecular weight is 381 g/mol. The Morgan fingerprint density at radius 1 is 1.33 bits per heavy atom. The fourth-order valence-electron chi connectivity index (χ4n) is 1.51. The first kappa shape index (κ1) is 16.5. The van der Waals surface area contributed by atoms with Gasteiger partial charge in [0.25, 0.3) is 10.0 Å². The van der Waals surface area contributed by atoms with E-state index in [-0.39, 0.29) is 19.9 Å². The van der Waals surface area contributed by atoms with Crippen molar-refractivity contribution in [2.24, 2.45) is 5.73 Å². The molecule has 1 aromatic carbocycles. The number of hydrogen-bond donors (Lipinski definition) is 2. The first-order valence-corrected chi connectivity index (χ1v) is 9.05. The Labute approximate surface area is 141 Å². The Hall–Kier alpha value is -0.860. The van der Waals surface area contributed by atoms with Crippen LogP contribution in [0.4, 0.5) is 5.69 Å². The molecule has 0 aliphatic heterocycles. The van der Waals surface area contributed by atoms with Gasteiger partial charge in [-0.15, -0.1) is 11.3 Å². The van der Waals surface area contributed by atoms with E-state index >= 15 is 0 Å². The van der Waals surface area contributed by atoms with Crippen LogP contribution in [-0.4, -0.2) is 13.4 Å². The molecule has 3 N–H and O–H groups in total. The van der Waals surface area contributed by atoms with Crippen molar-refractivity contribution in [3.63, 3.8) is 0 Å². The van der Waals surface area contributed by atoms with Crippen molar-refractivity contribution in [3.8, 4) is 0 Å². The van der Waals surface area contributed by atoms with Gasteiger partial charge in [-0.1, -0.05) is 35.4 Å². The van der Waals surface area contributed by atoms with Crippen LogP contribution >= 0.6 is 46.8 Å². The quantitative estimate of drug-likeness (QED) is 0.791. The minimum atomic E-state index is -3.74. The van der Waals surface area contributed by atoms with Crippen LogP contribution in [0.3, 0.4) is 0 Å². The Morgan fingerprint density at radius 3 is 2.48 bits per heavy atom. The van der Waals surface area contributed by atoms with E-state index in [4.69, 9.17) is 41.2 Å². The van der Waals surface area contributed by atoms with Gasteiger partial charge in [-0.3, -0.25) is 4.72 Å². The molecule has 21 heavy (non-hydrogen) atoms. The monoisotopic (exact) mass is 380 g/mol. The minimum Gasteiger partial charge on any atom is -0.389 e. The number of aryl methyl sites for hydroxylation is 1. The van der Waals surface area contributed by atoms with Gasteiger partial charge in [0.05, 0.1) is 15.0 Å². The molecule has 0 atom stereocenters. The largest absolute Gasteiger partial charge is 0.389 e. The number of sulfonamides is 1. The van der Waals surface area contributed by atoms with Gasteiger partial charge in [0, 0.05) is 5.56 Å². The lowest BCUT2D eigenvalue weighted by molar-refractivity contribution is 0.603. The smallest absolute Gasteiger partial charge is 0.271 e. The number of thiophene rings is 1. The summed E-state index contributed by atoms with van der Waals surface area (Å²) in [6, 6.07) is 6.12. The van der Waals surface area contributed by atoms with E-state index in [0.717, 1.165) is 11.3 Å². The summed E-state index contributed by atoms with van der Waals surface area (Å²) in [5.74, 6) is 0. The molecule has 0 saturated heterocycles. The van der Waals surface area contributed by atoms with Gasteiger partial charge in [-0.2, -0.15) is 0 Å². The van der Waals surface area contributed by atoms with Crippen LogP contribution in [-0.2, 0) is 10.0 Å². The lowest BCUT2D eigenvalue weighted by Gasteiger charge is -2.09. The van der Waals surface area contributed by atoms with Crippen molar-refractivity contribution in [2.75, 3.05) is 4.72 Å². The maximum atomic E-state index is 12.3. The topological polar surface area (TPSA) is 72.2 Å². The molecule has 0 bridgehead atoms. The number of nitrogens with one attached hydrogen (secondary N) is 1. The summed E-state index contributed by atoms with van der Waals surface area (Å²) in [5.41, 5.74) is 7.01. The summed E-state index contributed by atoms with van der Waals surface area (Å²) in [4.78, 5) is 0.187. The molecule has 1 aromatic heterocycles. The first-order chi connectivity index (χ1) is 9.70. The molecule has 1 heterocycles. The van der Waals surface area contributed by atoms with Crippen molar-refractivity contribution in [3.05, 3.63) is 44.8 Å². The summed E-state index contributed by atoms with van der Waals surface area (Å²) in [6.07, 6.45) is 0. The number of thiocarbonyl (C=S) groups is 1. The molecule has 112 valence electrons.